The summed E-state index contributed by atoms with van der Waals surface area (Å²) in [7, 11) is 0. The Bertz CT molecular complexity index is 284. The van der Waals surface area contributed by atoms with Gasteiger partial charge in [-0.05, 0) is 36.6 Å². The van der Waals surface area contributed by atoms with Gasteiger partial charge in [-0.3, -0.25) is 0 Å². The molecule has 0 saturated heterocycles. The molecule has 0 heterocycles. The molecule has 1 aromatic rings. The van der Waals surface area contributed by atoms with Crippen LogP contribution in [-0.4, -0.2) is 0 Å². The van der Waals surface area contributed by atoms with Crippen LogP contribution in [0, 0.1) is 19.7 Å². The summed E-state index contributed by atoms with van der Waals surface area (Å²) in [5, 5.41) is 0. The van der Waals surface area contributed by atoms with Gasteiger partial charge in [-0.1, -0.05) is 15.9 Å². The minimum atomic E-state index is -0.201. The van der Waals surface area contributed by atoms with Crippen molar-refractivity contribution in [3.8, 4) is 0 Å². The van der Waals surface area contributed by atoms with E-state index < -0.39 is 0 Å². The highest BCUT2D eigenvalue weighted by atomic mass is 79.9. The van der Waals surface area contributed by atoms with Crippen LogP contribution < -0.4 is 5.73 Å². The Morgan fingerprint density at radius 3 is 2.50 bits per heavy atom. The zero-order valence-electron chi connectivity index (χ0n) is 7.12. The predicted octanol–water partition coefficient (Wildman–Crippen LogP) is 2.66. The first-order valence-electron chi connectivity index (χ1n) is 3.72. The van der Waals surface area contributed by atoms with E-state index in [0.29, 0.717) is 12.1 Å². The number of hydrogen-bond acceptors (Lipinski definition) is 1. The average molecular weight is 232 g/mol. The second-order valence-electron chi connectivity index (χ2n) is 2.77. The molecular weight excluding hydrogens is 221 g/mol. The van der Waals surface area contributed by atoms with Crippen molar-refractivity contribution in [1.82, 2.24) is 0 Å². The monoisotopic (exact) mass is 231 g/mol. The fourth-order valence-electron chi connectivity index (χ4n) is 1.20. The summed E-state index contributed by atoms with van der Waals surface area (Å²) < 4.78 is 13.9. The molecule has 0 fully saturated rings. The Morgan fingerprint density at radius 1 is 1.42 bits per heavy atom. The van der Waals surface area contributed by atoms with Crippen molar-refractivity contribution >= 4 is 15.9 Å². The summed E-state index contributed by atoms with van der Waals surface area (Å²) in [6.45, 7) is 4.06. The Kier molecular flexibility index (Phi) is 2.85. The summed E-state index contributed by atoms with van der Waals surface area (Å²) >= 11 is 3.28. The first-order chi connectivity index (χ1) is 5.57. The number of nitrogens with two attached hydrogens (primary N) is 1. The molecule has 1 aromatic carbocycles. The molecule has 0 spiro atoms. The molecule has 0 aliphatic heterocycles. The Balaban J connectivity index is 3.42. The van der Waals surface area contributed by atoms with Gasteiger partial charge in [0.25, 0.3) is 0 Å². The van der Waals surface area contributed by atoms with E-state index in [-0.39, 0.29) is 5.82 Å². The molecule has 0 aliphatic carbocycles. The smallest absolute Gasteiger partial charge is 0.127 e. The van der Waals surface area contributed by atoms with Crippen molar-refractivity contribution in [3.05, 3.63) is 33.0 Å². The number of halogens is 2. The molecule has 12 heavy (non-hydrogen) atoms. The topological polar surface area (TPSA) is 26.0 Å². The summed E-state index contributed by atoms with van der Waals surface area (Å²) in [6.07, 6.45) is 0. The lowest BCUT2D eigenvalue weighted by molar-refractivity contribution is 0.613. The minimum absolute atomic E-state index is 0.201. The molecule has 0 aliphatic rings. The quantitative estimate of drug-likeness (QED) is 0.791. The van der Waals surface area contributed by atoms with E-state index in [2.05, 4.69) is 15.9 Å². The van der Waals surface area contributed by atoms with Crippen LogP contribution in [0.2, 0.25) is 0 Å². The van der Waals surface area contributed by atoms with Gasteiger partial charge in [-0.2, -0.15) is 0 Å². The summed E-state index contributed by atoms with van der Waals surface area (Å²) in [5.74, 6) is -0.201. The van der Waals surface area contributed by atoms with Gasteiger partial charge in [0, 0.05) is 11.0 Å². The third-order valence-corrected chi connectivity index (χ3v) is 2.90. The summed E-state index contributed by atoms with van der Waals surface area (Å²) in [5.41, 5.74) is 8.07. The summed E-state index contributed by atoms with van der Waals surface area (Å²) in [6, 6.07) is 1.48. The van der Waals surface area contributed by atoms with Crippen molar-refractivity contribution in [2.75, 3.05) is 0 Å². The van der Waals surface area contributed by atoms with Crippen LogP contribution in [0.4, 0.5) is 4.39 Å². The number of benzene rings is 1. The molecule has 66 valence electrons. The lowest BCUT2D eigenvalue weighted by Crippen LogP contribution is -2.04. The Labute approximate surface area is 79.9 Å². The third-order valence-electron chi connectivity index (χ3n) is 2.08. The van der Waals surface area contributed by atoms with Gasteiger partial charge >= 0.3 is 0 Å². The van der Waals surface area contributed by atoms with Gasteiger partial charge in [0.15, 0.2) is 0 Å². The van der Waals surface area contributed by atoms with Gasteiger partial charge in [-0.15, -0.1) is 0 Å². The van der Waals surface area contributed by atoms with Crippen molar-refractivity contribution < 1.29 is 4.39 Å². The first-order valence-corrected chi connectivity index (χ1v) is 4.51. The zero-order valence-corrected chi connectivity index (χ0v) is 8.70. The largest absolute Gasteiger partial charge is 0.326 e. The van der Waals surface area contributed by atoms with Crippen molar-refractivity contribution in [3.63, 3.8) is 0 Å². The molecule has 0 atom stereocenters. The van der Waals surface area contributed by atoms with E-state index in [0.717, 1.165) is 15.6 Å². The van der Waals surface area contributed by atoms with E-state index in [9.17, 15) is 4.39 Å². The molecule has 0 radical (unpaired) electrons. The van der Waals surface area contributed by atoms with Gasteiger partial charge in [0.05, 0.1) is 0 Å². The van der Waals surface area contributed by atoms with Crippen LogP contribution in [-0.2, 0) is 6.54 Å². The molecule has 0 saturated carbocycles. The molecule has 0 bridgehead atoms. The first kappa shape index (κ1) is 9.68. The zero-order chi connectivity index (χ0) is 9.30. The normalized spacial score (nSPS) is 10.4. The van der Waals surface area contributed by atoms with Crippen LogP contribution in [0.1, 0.15) is 16.7 Å². The number of rotatable bonds is 1. The molecule has 1 nitrogen and oxygen atoms in total. The molecule has 0 amide bonds. The summed E-state index contributed by atoms with van der Waals surface area (Å²) in [4.78, 5) is 0. The molecule has 3 heteroatoms. The lowest BCUT2D eigenvalue weighted by atomic mass is 10.0. The van der Waals surface area contributed by atoms with Crippen LogP contribution in [0.25, 0.3) is 0 Å². The van der Waals surface area contributed by atoms with Crippen molar-refractivity contribution in [2.24, 2.45) is 5.73 Å². The number of hydrogen-bond donors (Lipinski definition) is 1. The van der Waals surface area contributed by atoms with E-state index in [1.54, 1.807) is 6.92 Å². The van der Waals surface area contributed by atoms with Crippen molar-refractivity contribution in [1.29, 1.82) is 0 Å². The highest BCUT2D eigenvalue weighted by molar-refractivity contribution is 9.10. The van der Waals surface area contributed by atoms with Crippen molar-refractivity contribution in [2.45, 2.75) is 20.4 Å². The molecule has 0 aromatic heterocycles. The fraction of sp³-hybridized carbons (Fsp3) is 0.333. The van der Waals surface area contributed by atoms with Gasteiger partial charge in [0.1, 0.15) is 5.82 Å². The predicted molar refractivity (Wildman–Crippen MR) is 51.5 cm³/mol. The maximum atomic E-state index is 13.1. The van der Waals surface area contributed by atoms with Crippen LogP contribution >= 0.6 is 15.9 Å². The SMILES string of the molecule is Cc1c(F)cc(Br)c(C)c1CN. The highest BCUT2D eigenvalue weighted by Crippen LogP contribution is 2.24. The van der Waals surface area contributed by atoms with E-state index >= 15 is 0 Å². The molecular formula is C9H11BrFN. The minimum Gasteiger partial charge on any atom is -0.326 e. The van der Waals surface area contributed by atoms with Crippen LogP contribution in [0.5, 0.6) is 0 Å². The highest BCUT2D eigenvalue weighted by Gasteiger charge is 2.08. The standard InChI is InChI=1S/C9H11BrFN/c1-5-7(4-12)6(2)9(11)3-8(5)10/h3H,4,12H2,1-2H3. The fourth-order valence-corrected chi connectivity index (χ4v) is 1.64. The lowest BCUT2D eigenvalue weighted by Gasteiger charge is -2.09. The van der Waals surface area contributed by atoms with Gasteiger partial charge in [-0.25, -0.2) is 4.39 Å². The third kappa shape index (κ3) is 1.52. The Hall–Kier alpha value is -0.410. The second kappa shape index (κ2) is 3.54. The second-order valence-corrected chi connectivity index (χ2v) is 3.63. The van der Waals surface area contributed by atoms with E-state index in [1.807, 2.05) is 6.92 Å². The molecule has 2 N–H and O–H groups in total. The van der Waals surface area contributed by atoms with Gasteiger partial charge in [0.2, 0.25) is 0 Å². The molecule has 0 unspecified atom stereocenters. The molecule has 1 rings (SSSR count). The van der Waals surface area contributed by atoms with Crippen LogP contribution in [0.15, 0.2) is 10.5 Å². The van der Waals surface area contributed by atoms with E-state index in [4.69, 9.17) is 5.73 Å². The maximum absolute atomic E-state index is 13.1. The average Bonchev–Trinajstić information content (AvgIpc) is 2.02. The van der Waals surface area contributed by atoms with Crippen LogP contribution in [0.3, 0.4) is 0 Å². The van der Waals surface area contributed by atoms with Gasteiger partial charge < -0.3 is 5.73 Å². The maximum Gasteiger partial charge on any atom is 0.127 e. The van der Waals surface area contributed by atoms with E-state index in [1.165, 1.54) is 6.07 Å². The Morgan fingerprint density at radius 2 is 2.00 bits per heavy atom.